The van der Waals surface area contributed by atoms with Crippen molar-refractivity contribution in [2.75, 3.05) is 6.54 Å². The van der Waals surface area contributed by atoms with Crippen LogP contribution in [-0.2, 0) is 11.3 Å². The molecule has 0 spiro atoms. The first-order valence-electron chi connectivity index (χ1n) is 5.68. The van der Waals surface area contributed by atoms with E-state index in [9.17, 15) is 19.3 Å². The van der Waals surface area contributed by atoms with E-state index in [1.165, 1.54) is 6.07 Å². The number of amides is 1. The minimum absolute atomic E-state index is 0.0428. The molecule has 6 heteroatoms. The maximum atomic E-state index is 13.4. The van der Waals surface area contributed by atoms with Gasteiger partial charge in [0.05, 0.1) is 4.92 Å². The first-order chi connectivity index (χ1) is 8.47. The maximum absolute atomic E-state index is 13.4. The van der Waals surface area contributed by atoms with Crippen LogP contribution in [0.1, 0.15) is 18.9 Å². The Labute approximate surface area is 103 Å². The van der Waals surface area contributed by atoms with E-state index in [0.29, 0.717) is 31.0 Å². The average Bonchev–Trinajstić information content (AvgIpc) is 2.57. The number of carbonyl (C=O) groups excluding carboxylic acids is 1. The van der Waals surface area contributed by atoms with E-state index in [0.717, 1.165) is 12.1 Å². The van der Waals surface area contributed by atoms with E-state index in [4.69, 9.17) is 0 Å². The molecule has 18 heavy (non-hydrogen) atoms. The van der Waals surface area contributed by atoms with E-state index >= 15 is 0 Å². The van der Waals surface area contributed by atoms with Gasteiger partial charge in [0.15, 0.2) is 0 Å². The lowest BCUT2D eigenvalue weighted by molar-refractivity contribution is -0.387. The Kier molecular flexibility index (Phi) is 3.27. The topological polar surface area (TPSA) is 63.5 Å². The highest BCUT2D eigenvalue weighted by Crippen LogP contribution is 2.22. The standard InChI is InChI=1S/C12H13FN2O3/c1-8-4-12(16)14(6-8)7-9-2-3-11(15(17)18)10(13)5-9/h2-3,5,8H,4,6-7H2,1H3. The molecule has 0 aliphatic carbocycles. The number of nitro benzene ring substituents is 1. The summed E-state index contributed by atoms with van der Waals surface area (Å²) in [4.78, 5) is 22.9. The molecule has 1 atom stereocenters. The lowest BCUT2D eigenvalue weighted by Gasteiger charge is -2.15. The zero-order valence-corrected chi connectivity index (χ0v) is 9.93. The summed E-state index contributed by atoms with van der Waals surface area (Å²) in [5.41, 5.74) is 0.0282. The van der Waals surface area contributed by atoms with Gasteiger partial charge in [-0.15, -0.1) is 0 Å². The molecule has 1 saturated heterocycles. The van der Waals surface area contributed by atoms with E-state index < -0.39 is 16.4 Å². The number of halogens is 1. The first kappa shape index (κ1) is 12.5. The Morgan fingerprint density at radius 3 is 2.78 bits per heavy atom. The molecule has 0 aromatic heterocycles. The Hall–Kier alpha value is -1.98. The van der Waals surface area contributed by atoms with Gasteiger partial charge in [-0.3, -0.25) is 14.9 Å². The zero-order valence-electron chi connectivity index (χ0n) is 9.93. The fraction of sp³-hybridized carbons (Fsp3) is 0.417. The fourth-order valence-corrected chi connectivity index (χ4v) is 2.14. The average molecular weight is 252 g/mol. The molecule has 96 valence electrons. The lowest BCUT2D eigenvalue weighted by Crippen LogP contribution is -2.24. The summed E-state index contributed by atoms with van der Waals surface area (Å²) < 4.78 is 13.4. The summed E-state index contributed by atoms with van der Waals surface area (Å²) in [5.74, 6) is -0.515. The minimum Gasteiger partial charge on any atom is -0.338 e. The number of carbonyl (C=O) groups is 1. The van der Waals surface area contributed by atoms with Crippen LogP contribution >= 0.6 is 0 Å². The van der Waals surface area contributed by atoms with Gasteiger partial charge in [-0.05, 0) is 17.5 Å². The molecule has 1 amide bonds. The highest BCUT2D eigenvalue weighted by molar-refractivity contribution is 5.78. The molecule has 0 bridgehead atoms. The molecule has 1 aromatic carbocycles. The summed E-state index contributed by atoms with van der Waals surface area (Å²) in [7, 11) is 0. The molecule has 0 N–H and O–H groups in total. The minimum atomic E-state index is -0.864. The van der Waals surface area contributed by atoms with Crippen molar-refractivity contribution in [1.82, 2.24) is 4.90 Å². The summed E-state index contributed by atoms with van der Waals surface area (Å²) >= 11 is 0. The molecule has 0 saturated carbocycles. The Morgan fingerprint density at radius 1 is 1.56 bits per heavy atom. The van der Waals surface area contributed by atoms with Crippen LogP contribution in [0.3, 0.4) is 0 Å². The summed E-state index contributed by atoms with van der Waals surface area (Å²) in [5, 5.41) is 10.5. The number of benzene rings is 1. The van der Waals surface area contributed by atoms with Crippen molar-refractivity contribution in [2.45, 2.75) is 19.9 Å². The third-order valence-corrected chi connectivity index (χ3v) is 2.99. The molecule has 1 heterocycles. The van der Waals surface area contributed by atoms with Crippen LogP contribution in [0.4, 0.5) is 10.1 Å². The molecule has 1 aliphatic rings. The molecule has 1 aromatic rings. The van der Waals surface area contributed by atoms with Crippen LogP contribution < -0.4 is 0 Å². The van der Waals surface area contributed by atoms with E-state index in [1.54, 1.807) is 4.90 Å². The van der Waals surface area contributed by atoms with Gasteiger partial charge >= 0.3 is 5.69 Å². The van der Waals surface area contributed by atoms with Crippen LogP contribution in [0.15, 0.2) is 18.2 Å². The van der Waals surface area contributed by atoms with Crippen molar-refractivity contribution in [3.05, 3.63) is 39.7 Å². The predicted molar refractivity (Wildman–Crippen MR) is 62.3 cm³/mol. The van der Waals surface area contributed by atoms with Gasteiger partial charge in [0.1, 0.15) is 0 Å². The van der Waals surface area contributed by atoms with Gasteiger partial charge in [0.25, 0.3) is 0 Å². The van der Waals surface area contributed by atoms with Crippen molar-refractivity contribution >= 4 is 11.6 Å². The number of nitro groups is 1. The molecule has 0 radical (unpaired) electrons. The SMILES string of the molecule is CC1CC(=O)N(Cc2ccc([N+](=O)[O-])c(F)c2)C1. The molecule has 2 rings (SSSR count). The second-order valence-corrected chi connectivity index (χ2v) is 4.63. The van der Waals surface area contributed by atoms with Gasteiger partial charge in [0.2, 0.25) is 11.7 Å². The van der Waals surface area contributed by atoms with Crippen LogP contribution in [0.5, 0.6) is 0 Å². The smallest absolute Gasteiger partial charge is 0.304 e. The van der Waals surface area contributed by atoms with Crippen LogP contribution in [-0.4, -0.2) is 22.3 Å². The zero-order chi connectivity index (χ0) is 13.3. The van der Waals surface area contributed by atoms with Crippen molar-refractivity contribution in [2.24, 2.45) is 5.92 Å². The quantitative estimate of drug-likeness (QED) is 0.611. The summed E-state index contributed by atoms with van der Waals surface area (Å²) in [6.07, 6.45) is 0.509. The van der Waals surface area contributed by atoms with Crippen molar-refractivity contribution in [1.29, 1.82) is 0 Å². The Morgan fingerprint density at radius 2 is 2.28 bits per heavy atom. The maximum Gasteiger partial charge on any atom is 0.304 e. The van der Waals surface area contributed by atoms with Gasteiger partial charge in [-0.25, -0.2) is 0 Å². The largest absolute Gasteiger partial charge is 0.338 e. The predicted octanol–water partition coefficient (Wildman–Crippen LogP) is 2.10. The highest BCUT2D eigenvalue weighted by atomic mass is 19.1. The first-order valence-corrected chi connectivity index (χ1v) is 5.68. The molecule has 1 fully saturated rings. The lowest BCUT2D eigenvalue weighted by atomic mass is 10.1. The third-order valence-electron chi connectivity index (χ3n) is 2.99. The second-order valence-electron chi connectivity index (χ2n) is 4.63. The number of nitrogens with zero attached hydrogens (tertiary/aromatic N) is 2. The molecular weight excluding hydrogens is 239 g/mol. The number of rotatable bonds is 3. The van der Waals surface area contributed by atoms with Gasteiger partial charge < -0.3 is 4.90 Å². The number of likely N-dealkylation sites (tertiary alicyclic amines) is 1. The van der Waals surface area contributed by atoms with Crippen molar-refractivity contribution in [3.8, 4) is 0 Å². The second kappa shape index (κ2) is 4.72. The van der Waals surface area contributed by atoms with Crippen LogP contribution in [0.25, 0.3) is 0 Å². The third kappa shape index (κ3) is 2.47. The fourth-order valence-electron chi connectivity index (χ4n) is 2.14. The van der Waals surface area contributed by atoms with E-state index in [-0.39, 0.29) is 5.91 Å². The number of hydrogen-bond acceptors (Lipinski definition) is 3. The van der Waals surface area contributed by atoms with Crippen LogP contribution in [0, 0.1) is 21.8 Å². The summed E-state index contributed by atoms with van der Waals surface area (Å²) in [6.45, 7) is 2.93. The van der Waals surface area contributed by atoms with E-state index in [1.807, 2.05) is 6.92 Å². The molecule has 5 nitrogen and oxygen atoms in total. The normalized spacial score (nSPS) is 19.3. The monoisotopic (exact) mass is 252 g/mol. The van der Waals surface area contributed by atoms with Crippen LogP contribution in [0.2, 0.25) is 0 Å². The molecular formula is C12H13FN2O3. The van der Waals surface area contributed by atoms with Gasteiger partial charge in [-0.1, -0.05) is 13.0 Å². The molecule has 1 aliphatic heterocycles. The summed E-state index contributed by atoms with van der Waals surface area (Å²) in [6, 6.07) is 3.74. The van der Waals surface area contributed by atoms with Crippen molar-refractivity contribution < 1.29 is 14.1 Å². The van der Waals surface area contributed by atoms with Crippen molar-refractivity contribution in [3.63, 3.8) is 0 Å². The van der Waals surface area contributed by atoms with Gasteiger partial charge in [-0.2, -0.15) is 4.39 Å². The Balaban J connectivity index is 2.13. The molecule has 1 unspecified atom stereocenters. The number of hydrogen-bond donors (Lipinski definition) is 0. The highest BCUT2D eigenvalue weighted by Gasteiger charge is 2.26. The Bertz CT molecular complexity index is 504. The van der Waals surface area contributed by atoms with E-state index in [2.05, 4.69) is 0 Å². The van der Waals surface area contributed by atoms with Gasteiger partial charge in [0, 0.05) is 25.6 Å².